The van der Waals surface area contributed by atoms with Crippen LogP contribution in [0.1, 0.15) is 15.9 Å². The van der Waals surface area contributed by atoms with Gasteiger partial charge in [0.25, 0.3) is 11.8 Å². The fourth-order valence-corrected chi connectivity index (χ4v) is 2.98. The Balaban J connectivity index is 1.38. The van der Waals surface area contributed by atoms with Gasteiger partial charge >= 0.3 is 0 Å². The molecular weight excluding hydrogens is 397 g/mol. The highest BCUT2D eigenvalue weighted by Crippen LogP contribution is 2.26. The summed E-state index contributed by atoms with van der Waals surface area (Å²) < 4.78 is 18.7. The molecule has 5 nitrogen and oxygen atoms in total. The lowest BCUT2D eigenvalue weighted by Crippen LogP contribution is -2.29. The standard InChI is InChI=1S/C25H16FNO4/c26-19-6-4-18(5-7-19)23(28)14-3-17-1-10-21(11-2-17)31-22-12-8-20(9-13-22)27-24(29)15-16-25(27)30/h1-16H. The van der Waals surface area contributed by atoms with Crippen molar-refractivity contribution in [3.8, 4) is 11.5 Å². The van der Waals surface area contributed by atoms with Crippen LogP contribution in [-0.2, 0) is 9.59 Å². The molecule has 1 heterocycles. The predicted molar refractivity (Wildman–Crippen MR) is 114 cm³/mol. The highest BCUT2D eigenvalue weighted by molar-refractivity contribution is 6.28. The summed E-state index contributed by atoms with van der Waals surface area (Å²) in [4.78, 5) is 36.7. The molecule has 0 saturated heterocycles. The highest BCUT2D eigenvalue weighted by Gasteiger charge is 2.24. The Hall–Kier alpha value is -4.32. The second-order valence-corrected chi connectivity index (χ2v) is 6.71. The van der Waals surface area contributed by atoms with E-state index in [0.29, 0.717) is 22.7 Å². The van der Waals surface area contributed by atoms with Gasteiger partial charge in [0.1, 0.15) is 17.3 Å². The third-order valence-corrected chi connectivity index (χ3v) is 4.58. The fraction of sp³-hybridized carbons (Fsp3) is 0. The van der Waals surface area contributed by atoms with Gasteiger partial charge in [0, 0.05) is 17.7 Å². The zero-order valence-electron chi connectivity index (χ0n) is 16.2. The summed E-state index contributed by atoms with van der Waals surface area (Å²) in [5.41, 5.74) is 1.68. The van der Waals surface area contributed by atoms with Gasteiger partial charge in [-0.2, -0.15) is 0 Å². The van der Waals surface area contributed by atoms with Crippen LogP contribution in [0.4, 0.5) is 10.1 Å². The van der Waals surface area contributed by atoms with E-state index >= 15 is 0 Å². The maximum Gasteiger partial charge on any atom is 0.258 e. The number of nitrogens with zero attached hydrogens (tertiary/aromatic N) is 1. The van der Waals surface area contributed by atoms with Gasteiger partial charge in [-0.1, -0.05) is 18.2 Å². The minimum Gasteiger partial charge on any atom is -0.457 e. The molecule has 31 heavy (non-hydrogen) atoms. The summed E-state index contributed by atoms with van der Waals surface area (Å²) in [6.45, 7) is 0. The van der Waals surface area contributed by atoms with Crippen molar-refractivity contribution in [2.24, 2.45) is 0 Å². The van der Waals surface area contributed by atoms with E-state index in [-0.39, 0.29) is 23.4 Å². The SMILES string of the molecule is O=C(C=Cc1ccc(Oc2ccc(N3C(=O)C=CC3=O)cc2)cc1)c1ccc(F)cc1. The van der Waals surface area contributed by atoms with Crippen molar-refractivity contribution in [2.75, 3.05) is 4.90 Å². The van der Waals surface area contributed by atoms with Crippen LogP contribution in [0.15, 0.2) is 91.0 Å². The van der Waals surface area contributed by atoms with E-state index in [4.69, 9.17) is 4.74 Å². The first-order valence-electron chi connectivity index (χ1n) is 9.42. The molecule has 0 atom stereocenters. The van der Waals surface area contributed by atoms with Crippen molar-refractivity contribution in [2.45, 2.75) is 0 Å². The van der Waals surface area contributed by atoms with Crippen molar-refractivity contribution in [1.29, 1.82) is 0 Å². The first-order valence-corrected chi connectivity index (χ1v) is 9.42. The van der Waals surface area contributed by atoms with E-state index in [0.717, 1.165) is 10.5 Å². The Morgan fingerprint density at radius 3 is 1.90 bits per heavy atom. The second-order valence-electron chi connectivity index (χ2n) is 6.71. The summed E-state index contributed by atoms with van der Waals surface area (Å²) in [7, 11) is 0. The van der Waals surface area contributed by atoms with E-state index in [1.165, 1.54) is 42.5 Å². The van der Waals surface area contributed by atoms with Gasteiger partial charge in [0.05, 0.1) is 5.69 Å². The van der Waals surface area contributed by atoms with Crippen LogP contribution in [0.5, 0.6) is 11.5 Å². The maximum absolute atomic E-state index is 12.9. The number of rotatable bonds is 6. The quantitative estimate of drug-likeness (QED) is 0.326. The topological polar surface area (TPSA) is 63.7 Å². The Labute approximate surface area is 177 Å². The van der Waals surface area contributed by atoms with Crippen LogP contribution in [-0.4, -0.2) is 17.6 Å². The molecular formula is C25H16FNO4. The van der Waals surface area contributed by atoms with Crippen molar-refractivity contribution in [3.05, 3.63) is 108 Å². The molecule has 0 aliphatic carbocycles. The lowest BCUT2D eigenvalue weighted by molar-refractivity contribution is -0.119. The number of anilines is 1. The van der Waals surface area contributed by atoms with E-state index in [9.17, 15) is 18.8 Å². The molecule has 2 amide bonds. The highest BCUT2D eigenvalue weighted by atomic mass is 19.1. The first-order chi connectivity index (χ1) is 15.0. The van der Waals surface area contributed by atoms with Crippen molar-refractivity contribution >= 4 is 29.4 Å². The normalized spacial score (nSPS) is 13.3. The van der Waals surface area contributed by atoms with Crippen LogP contribution >= 0.6 is 0 Å². The van der Waals surface area contributed by atoms with E-state index < -0.39 is 0 Å². The third kappa shape index (κ3) is 4.64. The minimum absolute atomic E-state index is 0.217. The number of hydrogen-bond acceptors (Lipinski definition) is 4. The first kappa shape index (κ1) is 20.0. The zero-order valence-corrected chi connectivity index (χ0v) is 16.2. The van der Waals surface area contributed by atoms with Gasteiger partial charge in [0.2, 0.25) is 0 Å². The number of ketones is 1. The molecule has 3 aromatic rings. The molecule has 1 aliphatic rings. The second kappa shape index (κ2) is 8.59. The molecule has 0 spiro atoms. The molecule has 152 valence electrons. The largest absolute Gasteiger partial charge is 0.457 e. The van der Waals surface area contributed by atoms with E-state index in [1.54, 1.807) is 54.6 Å². The predicted octanol–water partition coefficient (Wildman–Crippen LogP) is 4.94. The number of hydrogen-bond donors (Lipinski definition) is 0. The molecule has 0 fully saturated rings. The number of allylic oxidation sites excluding steroid dienone is 1. The van der Waals surface area contributed by atoms with Crippen LogP contribution < -0.4 is 9.64 Å². The number of carbonyl (C=O) groups is 3. The number of imide groups is 1. The molecule has 3 aromatic carbocycles. The summed E-state index contributed by atoms with van der Waals surface area (Å²) >= 11 is 0. The van der Waals surface area contributed by atoms with Crippen LogP contribution in [0.25, 0.3) is 6.08 Å². The third-order valence-electron chi connectivity index (χ3n) is 4.58. The molecule has 0 bridgehead atoms. The van der Waals surface area contributed by atoms with E-state index in [2.05, 4.69) is 0 Å². The summed E-state index contributed by atoms with van der Waals surface area (Å²) in [5.74, 6) is -0.220. The summed E-state index contributed by atoms with van der Waals surface area (Å²) in [6.07, 6.45) is 5.56. The molecule has 0 unspecified atom stereocenters. The Morgan fingerprint density at radius 1 is 0.774 bits per heavy atom. The van der Waals surface area contributed by atoms with Crippen LogP contribution in [0, 0.1) is 5.82 Å². The summed E-state index contributed by atoms with van der Waals surface area (Å²) in [5, 5.41) is 0. The van der Waals surface area contributed by atoms with Crippen LogP contribution in [0.3, 0.4) is 0 Å². The lowest BCUT2D eigenvalue weighted by atomic mass is 10.1. The lowest BCUT2D eigenvalue weighted by Gasteiger charge is -2.14. The monoisotopic (exact) mass is 413 g/mol. The summed E-state index contributed by atoms with van der Waals surface area (Å²) in [6, 6.07) is 19.1. The van der Waals surface area contributed by atoms with Crippen molar-refractivity contribution in [3.63, 3.8) is 0 Å². The number of ether oxygens (including phenoxy) is 1. The van der Waals surface area contributed by atoms with Gasteiger partial charge in [-0.15, -0.1) is 0 Å². The Bertz CT molecular complexity index is 1180. The fourth-order valence-electron chi connectivity index (χ4n) is 2.98. The molecule has 0 saturated carbocycles. The maximum atomic E-state index is 12.9. The number of carbonyl (C=O) groups excluding carboxylic acids is 3. The Kier molecular flexibility index (Phi) is 5.53. The molecule has 0 N–H and O–H groups in total. The van der Waals surface area contributed by atoms with E-state index in [1.807, 2.05) is 0 Å². The number of amides is 2. The van der Waals surface area contributed by atoms with Gasteiger partial charge in [-0.25, -0.2) is 9.29 Å². The van der Waals surface area contributed by atoms with Crippen molar-refractivity contribution in [1.82, 2.24) is 0 Å². The molecule has 1 aliphatic heterocycles. The zero-order chi connectivity index (χ0) is 21.8. The average molecular weight is 413 g/mol. The smallest absolute Gasteiger partial charge is 0.258 e. The Morgan fingerprint density at radius 2 is 1.32 bits per heavy atom. The van der Waals surface area contributed by atoms with Gasteiger partial charge in [-0.3, -0.25) is 14.4 Å². The van der Waals surface area contributed by atoms with Gasteiger partial charge in [-0.05, 0) is 72.3 Å². The molecule has 4 rings (SSSR count). The molecule has 0 radical (unpaired) electrons. The number of halogens is 1. The average Bonchev–Trinajstić information content (AvgIpc) is 3.12. The van der Waals surface area contributed by atoms with Crippen LogP contribution in [0.2, 0.25) is 0 Å². The van der Waals surface area contributed by atoms with Gasteiger partial charge in [0.15, 0.2) is 5.78 Å². The van der Waals surface area contributed by atoms with Gasteiger partial charge < -0.3 is 4.74 Å². The molecule has 0 aromatic heterocycles. The molecule has 6 heteroatoms. The minimum atomic E-state index is -0.388. The van der Waals surface area contributed by atoms with Crippen molar-refractivity contribution < 1.29 is 23.5 Å². The number of benzene rings is 3.